The number of primary amides is 1. The number of hydrogen-bond acceptors (Lipinski definition) is 16. The van der Waals surface area contributed by atoms with Gasteiger partial charge in [0.05, 0.1) is 19.3 Å². The third-order valence-corrected chi connectivity index (χ3v) is 17.8. The number of nitrogens with one attached hydrogen (secondary N) is 13. The zero-order chi connectivity index (χ0) is 74.9. The first-order chi connectivity index (χ1) is 49.6. The van der Waals surface area contributed by atoms with Crippen molar-refractivity contribution in [2.45, 2.75) is 139 Å². The molecule has 1 fully saturated rings. The third-order valence-electron chi connectivity index (χ3n) is 17.8. The van der Waals surface area contributed by atoms with Gasteiger partial charge >= 0.3 is 5.97 Å². The van der Waals surface area contributed by atoms with E-state index in [1.165, 1.54) is 98.3 Å². The van der Waals surface area contributed by atoms with E-state index in [1.807, 2.05) is 0 Å². The van der Waals surface area contributed by atoms with Gasteiger partial charge in [0.1, 0.15) is 77.0 Å². The van der Waals surface area contributed by atoms with Crippen molar-refractivity contribution in [3.63, 3.8) is 0 Å². The van der Waals surface area contributed by atoms with Crippen LogP contribution in [0, 0.1) is 11.6 Å². The van der Waals surface area contributed by atoms with E-state index < -0.39 is 181 Å². The number of carbonyl (C=O) groups excluding carboxylic acids is 12. The number of ether oxygens (including phenoxy) is 1. The molecular formula is C70H80F2N16O16. The van der Waals surface area contributed by atoms with E-state index in [9.17, 15) is 66.9 Å². The number of carboxylic acid groups (broad SMARTS) is 1. The Morgan fingerprint density at radius 2 is 1.25 bits per heavy atom. The van der Waals surface area contributed by atoms with Crippen LogP contribution in [0.5, 0.6) is 11.5 Å². The largest absolute Gasteiger partial charge is 0.508 e. The van der Waals surface area contributed by atoms with Crippen molar-refractivity contribution in [3.05, 3.63) is 149 Å². The minimum atomic E-state index is -2.08. The molecule has 6 heterocycles. The van der Waals surface area contributed by atoms with Gasteiger partial charge in [-0.3, -0.25) is 62.3 Å². The maximum atomic E-state index is 15.2. The average molecular weight is 1440 g/mol. The quantitative estimate of drug-likeness (QED) is 0.0688. The highest BCUT2D eigenvalue weighted by atomic mass is 19.1. The summed E-state index contributed by atoms with van der Waals surface area (Å²) in [5.41, 5.74) is 6.57. The number of H-pyrrole nitrogens is 3. The summed E-state index contributed by atoms with van der Waals surface area (Å²) in [5.74, 6) is -14.0. The fourth-order valence-electron chi connectivity index (χ4n) is 12.3. The Balaban J connectivity index is 1.05. The Kier molecular flexibility index (Phi) is 25.1. The van der Waals surface area contributed by atoms with Crippen molar-refractivity contribution in [3.8, 4) is 11.5 Å². The van der Waals surface area contributed by atoms with Crippen LogP contribution in [-0.4, -0.2) is 192 Å². The van der Waals surface area contributed by atoms with E-state index in [-0.39, 0.29) is 90.7 Å². The second kappa shape index (κ2) is 34.4. The molecular weight excluding hydrogens is 1360 g/mol. The number of phenols is 1. The molecule has 0 spiro atoms. The monoisotopic (exact) mass is 1440 g/mol. The van der Waals surface area contributed by atoms with Crippen LogP contribution in [0.4, 0.5) is 8.78 Å². The Morgan fingerprint density at radius 3 is 1.84 bits per heavy atom. The topological polar surface area (TPSA) is 481 Å². The van der Waals surface area contributed by atoms with Crippen molar-refractivity contribution >= 4 is 98.7 Å². The lowest BCUT2D eigenvalue weighted by Gasteiger charge is -2.37. The minimum Gasteiger partial charge on any atom is -0.508 e. The summed E-state index contributed by atoms with van der Waals surface area (Å²) in [6.07, 6.45) is 2.89. The van der Waals surface area contributed by atoms with Gasteiger partial charge in [0, 0.05) is 98.2 Å². The maximum absolute atomic E-state index is 15.2. The lowest BCUT2D eigenvalue weighted by molar-refractivity contribution is -0.147. The number of phenolic OH excluding ortho intramolecular Hbond substituents is 1. The second-order valence-electron chi connectivity index (χ2n) is 25.7. The molecule has 10 rings (SSSR count). The summed E-state index contributed by atoms with van der Waals surface area (Å²) in [5, 5.41) is 46.5. The molecule has 9 atom stereocenters. The van der Waals surface area contributed by atoms with E-state index >= 15 is 14.4 Å². The van der Waals surface area contributed by atoms with Crippen molar-refractivity contribution < 1.29 is 86.1 Å². The van der Waals surface area contributed by atoms with E-state index in [0.29, 0.717) is 22.2 Å². The van der Waals surface area contributed by atoms with E-state index in [4.69, 9.17) is 10.5 Å². The number of halogens is 2. The summed E-state index contributed by atoms with van der Waals surface area (Å²) in [7, 11) is 0. The molecule has 550 valence electrons. The van der Waals surface area contributed by atoms with Crippen LogP contribution in [0.2, 0.25) is 0 Å². The van der Waals surface area contributed by atoms with E-state index in [2.05, 4.69) is 73.1 Å². The number of imidazole rings is 1. The number of aromatic amines is 3. The number of aliphatic carboxylic acids is 1. The predicted octanol–water partition coefficient (Wildman–Crippen LogP) is -0.466. The van der Waals surface area contributed by atoms with Gasteiger partial charge in [-0.15, -0.1) is 0 Å². The van der Waals surface area contributed by atoms with Crippen LogP contribution in [0.15, 0.2) is 110 Å². The molecule has 104 heavy (non-hydrogen) atoms. The van der Waals surface area contributed by atoms with Crippen molar-refractivity contribution in [1.29, 1.82) is 0 Å². The number of aromatic nitrogens is 4. The molecule has 3 aromatic heterocycles. The number of carboxylic acids is 1. The number of benzene rings is 4. The van der Waals surface area contributed by atoms with Crippen LogP contribution >= 0.6 is 0 Å². The number of hydrogen-bond donors (Lipinski definition) is 16. The average Bonchev–Trinajstić information content (AvgIpc) is 1.54. The summed E-state index contributed by atoms with van der Waals surface area (Å²) in [6, 6.07) is 6.41. The molecule has 17 N–H and O–H groups in total. The number of fused-ring (bicyclic) bond motifs is 36. The van der Waals surface area contributed by atoms with E-state index in [0.717, 1.165) is 25.1 Å². The number of nitrogens with two attached hydrogens (primary N) is 1. The molecule has 0 unspecified atom stereocenters. The van der Waals surface area contributed by atoms with Gasteiger partial charge in [-0.2, -0.15) is 0 Å². The molecule has 3 aliphatic heterocycles. The number of rotatable bonds is 12. The molecule has 0 radical (unpaired) electrons. The molecule has 34 heteroatoms. The number of amides is 12. The fourth-order valence-corrected chi connectivity index (χ4v) is 12.3. The summed E-state index contributed by atoms with van der Waals surface area (Å²) in [4.78, 5) is 196. The normalized spacial score (nSPS) is 23.1. The molecule has 0 aliphatic carbocycles. The van der Waals surface area contributed by atoms with Crippen molar-refractivity contribution in [1.82, 2.24) is 78.0 Å². The van der Waals surface area contributed by atoms with Gasteiger partial charge < -0.3 is 93.7 Å². The lowest BCUT2D eigenvalue weighted by atomic mass is 9.94. The predicted molar refractivity (Wildman–Crippen MR) is 367 cm³/mol. The molecule has 4 aromatic carbocycles. The van der Waals surface area contributed by atoms with Crippen molar-refractivity contribution in [2.24, 2.45) is 5.73 Å². The highest BCUT2D eigenvalue weighted by molar-refractivity contribution is 6.01. The van der Waals surface area contributed by atoms with Gasteiger partial charge in [-0.1, -0.05) is 24.3 Å². The highest BCUT2D eigenvalue weighted by Crippen LogP contribution is 2.32. The molecule has 1 saturated heterocycles. The Bertz CT molecular complexity index is 4360. The zero-order valence-corrected chi connectivity index (χ0v) is 56.7. The van der Waals surface area contributed by atoms with Gasteiger partial charge in [0.25, 0.3) is 5.91 Å². The first-order valence-corrected chi connectivity index (χ1v) is 33.3. The summed E-state index contributed by atoms with van der Waals surface area (Å²) < 4.78 is 35.5. The molecule has 12 amide bonds. The van der Waals surface area contributed by atoms with Crippen LogP contribution in [0.3, 0.4) is 0 Å². The maximum Gasteiger partial charge on any atom is 0.305 e. The Morgan fingerprint density at radius 1 is 0.663 bits per heavy atom. The lowest BCUT2D eigenvalue weighted by Crippen LogP contribution is -2.63. The molecule has 2 bridgehead atoms. The first-order valence-electron chi connectivity index (χ1n) is 33.3. The van der Waals surface area contributed by atoms with Crippen LogP contribution < -0.4 is 63.6 Å². The highest BCUT2D eigenvalue weighted by Gasteiger charge is 2.49. The smallest absolute Gasteiger partial charge is 0.305 e. The molecule has 32 nitrogen and oxygen atoms in total. The first kappa shape index (κ1) is 75.9. The number of aromatic hydroxyl groups is 1. The summed E-state index contributed by atoms with van der Waals surface area (Å²) >= 11 is 0. The van der Waals surface area contributed by atoms with Crippen LogP contribution in [0.1, 0.15) is 80.8 Å². The van der Waals surface area contributed by atoms with Gasteiger partial charge in [-0.25, -0.2) is 13.8 Å². The van der Waals surface area contributed by atoms with Gasteiger partial charge in [-0.05, 0) is 122 Å². The SMILES string of the molecule is CC(=O)N[C@H]1CCCNC(=O)COc2ccc(cc2)C[C@@H](C(N)=O)NC(=O)[C@]2(C)CCCN2C(=O)[C@H](Cc2ccc(O)cc2)NC(=O)[C@@H](Cc2cnc[nH]2)NC(=O)[C@H](CC(=O)O)NC(=O)[C@H](Cc2c[nH]c3ccc(F)cc23)NC(=O)[C@H](Cc2c[nH]c3ccc(F)cc23)NC(=O)CNC(=O)[C@H](C)NC1=O. The standard InChI is InChI=1S/C70H80F2N16O16/c1-36-62(96)78-33-58(91)82-53(24-40-30-76-49-17-11-42(71)26-47(40)49)64(98)83-54(25-41-31-77-50-18-12-43(72)27-48(41)50)65(99)85-56(29-60(93)94)67(101)84-55(28-44-32-74-35-79-44)66(100)86-57(23-38-7-13-45(90)14-8-38)68(102)88-21-5-19-70(88,3)69(103)87-52(61(73)95)22-39-9-15-46(16-10-39)104-34-59(92)75-20-4-6-51(63(97)80-36)81-37(2)89/h7-18,26-27,30-32,35-36,51-57,76-77,90H,4-6,19-25,28-29,33-34H2,1-3H3,(H2,73,95)(H,74,79)(H,75,92)(H,78,96)(H,80,97)(H,81,89)(H,82,91)(H,83,98)(H,84,101)(H,85,99)(H,86,100)(H,87,103)(H,93,94)/t36-,51-,52-,53-,54-,55+,56-,57-,70-/m0/s1. The van der Waals surface area contributed by atoms with Crippen LogP contribution in [0.25, 0.3) is 21.8 Å². The van der Waals surface area contributed by atoms with Crippen molar-refractivity contribution in [2.75, 3.05) is 26.2 Å². The van der Waals surface area contributed by atoms with Gasteiger partial charge in [0.15, 0.2) is 6.61 Å². The van der Waals surface area contributed by atoms with Gasteiger partial charge in [0.2, 0.25) is 65.0 Å². The number of nitrogens with zero attached hydrogens (tertiary/aromatic N) is 2. The zero-order valence-electron chi connectivity index (χ0n) is 56.7. The Labute approximate surface area is 592 Å². The number of carbonyl (C=O) groups is 13. The molecule has 3 aliphatic rings. The molecule has 7 aromatic rings. The Hall–Kier alpha value is -12.3. The molecule has 0 saturated carbocycles. The van der Waals surface area contributed by atoms with Crippen LogP contribution in [-0.2, 0) is 94.4 Å². The fraction of sp³-hybridized carbons (Fsp3) is 0.371. The van der Waals surface area contributed by atoms with E-state index in [1.54, 1.807) is 12.1 Å². The second-order valence-corrected chi connectivity index (χ2v) is 25.7. The third kappa shape index (κ3) is 20.3. The minimum absolute atomic E-state index is 0.00681. The summed E-state index contributed by atoms with van der Waals surface area (Å²) in [6.45, 7) is 2.59.